The number of fused-ring (bicyclic) bond motifs is 1. The molecule has 1 aliphatic rings. The Hall–Kier alpha value is -2.10. The van der Waals surface area contributed by atoms with Gasteiger partial charge >= 0.3 is 0 Å². The fourth-order valence-electron chi connectivity index (χ4n) is 3.41. The van der Waals surface area contributed by atoms with Gasteiger partial charge in [-0.2, -0.15) is 4.98 Å². The topological polar surface area (TPSA) is 80.4 Å². The first kappa shape index (κ1) is 19.2. The molecule has 9 heteroatoms. The van der Waals surface area contributed by atoms with E-state index in [0.717, 1.165) is 47.4 Å². The van der Waals surface area contributed by atoms with Gasteiger partial charge < -0.3 is 14.2 Å². The highest BCUT2D eigenvalue weighted by Gasteiger charge is 2.22. The molecule has 3 aromatic rings. The minimum absolute atomic E-state index is 0.146. The van der Waals surface area contributed by atoms with Crippen LogP contribution in [0.3, 0.4) is 0 Å². The predicted octanol–water partition coefficient (Wildman–Crippen LogP) is 3.20. The molecule has 0 amide bonds. The van der Waals surface area contributed by atoms with E-state index in [-0.39, 0.29) is 6.10 Å². The Bertz CT molecular complexity index is 941. The van der Waals surface area contributed by atoms with E-state index in [2.05, 4.69) is 45.8 Å². The highest BCUT2D eigenvalue weighted by atomic mass is 79.9. The van der Waals surface area contributed by atoms with Crippen LogP contribution >= 0.6 is 15.9 Å². The van der Waals surface area contributed by atoms with E-state index < -0.39 is 0 Å². The lowest BCUT2D eigenvalue weighted by Crippen LogP contribution is -2.46. The Kier molecular flexibility index (Phi) is 5.84. The second-order valence-electron chi connectivity index (χ2n) is 6.76. The molecule has 28 heavy (non-hydrogen) atoms. The summed E-state index contributed by atoms with van der Waals surface area (Å²) in [5, 5.41) is 4.04. The van der Waals surface area contributed by atoms with Crippen molar-refractivity contribution in [1.29, 1.82) is 0 Å². The molecule has 3 aromatic heterocycles. The average Bonchev–Trinajstić information content (AvgIpc) is 3.17. The minimum atomic E-state index is -0.146. The lowest BCUT2D eigenvalue weighted by atomic mass is 10.2. The summed E-state index contributed by atoms with van der Waals surface area (Å²) in [6.07, 6.45) is 3.52. The summed E-state index contributed by atoms with van der Waals surface area (Å²) in [5.74, 6) is 1.24. The van der Waals surface area contributed by atoms with Crippen LogP contribution in [0.1, 0.15) is 31.7 Å². The molecule has 0 N–H and O–H groups in total. The Balaban J connectivity index is 1.39. The predicted molar refractivity (Wildman–Crippen MR) is 109 cm³/mol. The maximum atomic E-state index is 5.52. The molecule has 0 bridgehead atoms. The van der Waals surface area contributed by atoms with E-state index in [0.29, 0.717) is 24.9 Å². The Labute approximate surface area is 172 Å². The normalized spacial score (nSPS) is 16.6. The van der Waals surface area contributed by atoms with Crippen molar-refractivity contribution in [2.45, 2.75) is 26.5 Å². The largest absolute Gasteiger partial charge is 0.371 e. The summed E-state index contributed by atoms with van der Waals surface area (Å²) in [6, 6.07) is 4.04. The second kappa shape index (κ2) is 8.50. The van der Waals surface area contributed by atoms with E-state index in [9.17, 15) is 0 Å². The van der Waals surface area contributed by atoms with Gasteiger partial charge in [-0.25, -0.2) is 0 Å². The SMILES string of the molecule is CCOC(C)c1noc(CN2CCN(c3ccnc4cc(Br)cnc34)CC2)n1. The van der Waals surface area contributed by atoms with Gasteiger partial charge in [-0.05, 0) is 41.9 Å². The maximum Gasteiger partial charge on any atom is 0.240 e. The van der Waals surface area contributed by atoms with Crippen LogP contribution in [0.4, 0.5) is 5.69 Å². The highest BCUT2D eigenvalue weighted by Crippen LogP contribution is 2.26. The van der Waals surface area contributed by atoms with Crippen LogP contribution in [0.25, 0.3) is 11.0 Å². The van der Waals surface area contributed by atoms with Gasteiger partial charge in [0.05, 0.1) is 17.7 Å². The second-order valence-corrected chi connectivity index (χ2v) is 7.67. The third-order valence-electron chi connectivity index (χ3n) is 4.86. The molecule has 4 heterocycles. The van der Waals surface area contributed by atoms with E-state index >= 15 is 0 Å². The van der Waals surface area contributed by atoms with Crippen LogP contribution in [-0.2, 0) is 11.3 Å². The maximum absolute atomic E-state index is 5.52. The average molecular weight is 447 g/mol. The Morgan fingerprint density at radius 3 is 2.86 bits per heavy atom. The smallest absolute Gasteiger partial charge is 0.240 e. The zero-order valence-electron chi connectivity index (χ0n) is 16.0. The Morgan fingerprint density at radius 2 is 2.07 bits per heavy atom. The quantitative estimate of drug-likeness (QED) is 0.570. The summed E-state index contributed by atoms with van der Waals surface area (Å²) >= 11 is 3.46. The number of halogens is 1. The lowest BCUT2D eigenvalue weighted by molar-refractivity contribution is 0.0683. The molecule has 1 saturated heterocycles. The van der Waals surface area contributed by atoms with Gasteiger partial charge in [0, 0.05) is 49.7 Å². The molecule has 0 aliphatic carbocycles. The van der Waals surface area contributed by atoms with Gasteiger partial charge in [0.25, 0.3) is 0 Å². The monoisotopic (exact) mass is 446 g/mol. The van der Waals surface area contributed by atoms with Crippen molar-refractivity contribution in [3.8, 4) is 0 Å². The molecule has 8 nitrogen and oxygen atoms in total. The van der Waals surface area contributed by atoms with Gasteiger partial charge in [-0.3, -0.25) is 14.9 Å². The molecule has 0 saturated carbocycles. The first-order valence-electron chi connectivity index (χ1n) is 9.45. The number of anilines is 1. The van der Waals surface area contributed by atoms with Gasteiger partial charge in [0.2, 0.25) is 5.89 Å². The molecule has 148 valence electrons. The summed E-state index contributed by atoms with van der Waals surface area (Å²) in [6.45, 7) is 8.82. The third kappa shape index (κ3) is 4.16. The lowest BCUT2D eigenvalue weighted by Gasteiger charge is -2.35. The van der Waals surface area contributed by atoms with Crippen LogP contribution < -0.4 is 4.90 Å². The van der Waals surface area contributed by atoms with Crippen LogP contribution in [-0.4, -0.2) is 57.8 Å². The molecule has 1 fully saturated rings. The molecule has 1 atom stereocenters. The number of nitrogens with zero attached hydrogens (tertiary/aromatic N) is 6. The highest BCUT2D eigenvalue weighted by molar-refractivity contribution is 9.10. The van der Waals surface area contributed by atoms with Crippen LogP contribution in [0.15, 0.2) is 33.5 Å². The van der Waals surface area contributed by atoms with Gasteiger partial charge in [-0.1, -0.05) is 5.16 Å². The van der Waals surface area contributed by atoms with Crippen LogP contribution in [0, 0.1) is 0 Å². The van der Waals surface area contributed by atoms with Crippen molar-refractivity contribution in [1.82, 2.24) is 25.0 Å². The number of hydrogen-bond acceptors (Lipinski definition) is 8. The number of ether oxygens (including phenoxy) is 1. The zero-order chi connectivity index (χ0) is 19.5. The number of pyridine rings is 2. The van der Waals surface area contributed by atoms with Crippen molar-refractivity contribution in [2.24, 2.45) is 0 Å². The van der Waals surface area contributed by atoms with E-state index in [1.807, 2.05) is 38.4 Å². The molecule has 0 aromatic carbocycles. The molecular weight excluding hydrogens is 424 g/mol. The van der Waals surface area contributed by atoms with E-state index in [1.54, 1.807) is 0 Å². The number of aromatic nitrogens is 4. The fraction of sp³-hybridized carbons (Fsp3) is 0.474. The van der Waals surface area contributed by atoms with Crippen molar-refractivity contribution in [2.75, 3.05) is 37.7 Å². The standard InChI is InChI=1S/C19H23BrN6O2/c1-3-27-13(2)19-23-17(28-24-19)12-25-6-8-26(9-7-25)16-4-5-21-15-10-14(20)11-22-18(15)16/h4-5,10-11,13H,3,6-9,12H2,1-2H3. The summed E-state index contributed by atoms with van der Waals surface area (Å²) in [4.78, 5) is 18.2. The molecule has 0 spiro atoms. The van der Waals surface area contributed by atoms with Crippen molar-refractivity contribution in [3.63, 3.8) is 0 Å². The minimum Gasteiger partial charge on any atom is -0.371 e. The van der Waals surface area contributed by atoms with Crippen molar-refractivity contribution >= 4 is 32.7 Å². The zero-order valence-corrected chi connectivity index (χ0v) is 17.6. The molecule has 4 rings (SSSR count). The summed E-state index contributed by atoms with van der Waals surface area (Å²) < 4.78 is 11.9. The molecule has 1 aliphatic heterocycles. The molecule has 1 unspecified atom stereocenters. The van der Waals surface area contributed by atoms with Gasteiger partial charge in [0.15, 0.2) is 5.82 Å². The van der Waals surface area contributed by atoms with Gasteiger partial charge in [-0.15, -0.1) is 0 Å². The number of rotatable bonds is 6. The fourth-order valence-corrected chi connectivity index (χ4v) is 3.73. The van der Waals surface area contributed by atoms with E-state index in [4.69, 9.17) is 9.26 Å². The molecular formula is C19H23BrN6O2. The van der Waals surface area contributed by atoms with Crippen LogP contribution in [0.5, 0.6) is 0 Å². The summed E-state index contributed by atoms with van der Waals surface area (Å²) in [7, 11) is 0. The number of piperazine rings is 1. The summed E-state index contributed by atoms with van der Waals surface area (Å²) in [5.41, 5.74) is 2.96. The van der Waals surface area contributed by atoms with Gasteiger partial charge in [0.1, 0.15) is 11.6 Å². The Morgan fingerprint density at radius 1 is 1.25 bits per heavy atom. The number of hydrogen-bond donors (Lipinski definition) is 0. The first-order valence-corrected chi connectivity index (χ1v) is 10.2. The molecule has 0 radical (unpaired) electrons. The van der Waals surface area contributed by atoms with Crippen molar-refractivity contribution < 1.29 is 9.26 Å². The van der Waals surface area contributed by atoms with Crippen LogP contribution in [0.2, 0.25) is 0 Å². The first-order chi connectivity index (χ1) is 13.6. The third-order valence-corrected chi connectivity index (χ3v) is 5.29. The van der Waals surface area contributed by atoms with E-state index in [1.165, 1.54) is 0 Å². The van der Waals surface area contributed by atoms with Crippen molar-refractivity contribution in [3.05, 3.63) is 40.7 Å².